The molecule has 2 aromatic rings. The highest BCUT2D eigenvalue weighted by Crippen LogP contribution is 2.17. The Labute approximate surface area is 104 Å². The molecule has 4 nitrogen and oxygen atoms in total. The lowest BCUT2D eigenvalue weighted by Gasteiger charge is -2.09. The smallest absolute Gasteiger partial charge is 0.257 e. The quantitative estimate of drug-likeness (QED) is 0.873. The van der Waals surface area contributed by atoms with Crippen LogP contribution in [0, 0.1) is 5.82 Å². The first kappa shape index (κ1) is 12.0. The minimum absolute atomic E-state index is 0.112. The summed E-state index contributed by atoms with van der Waals surface area (Å²) in [7, 11) is 1.72. The van der Waals surface area contributed by atoms with Gasteiger partial charge in [-0.2, -0.15) is 0 Å². The summed E-state index contributed by atoms with van der Waals surface area (Å²) in [5.41, 5.74) is 1.25. The third kappa shape index (κ3) is 2.45. The van der Waals surface area contributed by atoms with E-state index in [4.69, 9.17) is 0 Å². The fourth-order valence-electron chi connectivity index (χ4n) is 1.57. The zero-order valence-electron chi connectivity index (χ0n) is 9.77. The number of para-hydroxylation sites is 1. The summed E-state index contributed by atoms with van der Waals surface area (Å²) in [5.74, 6) is -0.933. The average Bonchev–Trinajstić information content (AvgIpc) is 2.41. The zero-order valence-corrected chi connectivity index (χ0v) is 9.77. The van der Waals surface area contributed by atoms with Gasteiger partial charge in [0.15, 0.2) is 5.82 Å². The van der Waals surface area contributed by atoms with Crippen LogP contribution in [0.2, 0.25) is 0 Å². The van der Waals surface area contributed by atoms with Crippen molar-refractivity contribution in [2.45, 2.75) is 0 Å². The van der Waals surface area contributed by atoms with Gasteiger partial charge in [-0.25, -0.2) is 4.39 Å². The van der Waals surface area contributed by atoms with Gasteiger partial charge in [0.2, 0.25) is 0 Å². The zero-order chi connectivity index (χ0) is 13.0. The van der Waals surface area contributed by atoms with E-state index in [1.165, 1.54) is 12.3 Å². The molecule has 18 heavy (non-hydrogen) atoms. The van der Waals surface area contributed by atoms with Crippen LogP contribution in [-0.2, 0) is 0 Å². The van der Waals surface area contributed by atoms with Crippen LogP contribution in [0.25, 0.3) is 0 Å². The minimum Gasteiger partial charge on any atom is -0.387 e. The maximum atomic E-state index is 13.4. The monoisotopic (exact) mass is 245 g/mol. The molecule has 0 aliphatic carbocycles. The number of carbonyl (C=O) groups is 1. The summed E-state index contributed by atoms with van der Waals surface area (Å²) in [5, 5.41) is 5.42. The lowest BCUT2D eigenvalue weighted by atomic mass is 10.1. The molecule has 5 heteroatoms. The van der Waals surface area contributed by atoms with E-state index in [1.54, 1.807) is 25.2 Å². The lowest BCUT2D eigenvalue weighted by Crippen LogP contribution is -2.14. The van der Waals surface area contributed by atoms with E-state index in [2.05, 4.69) is 15.6 Å². The SMILES string of the molecule is CNc1ccccc1C(=O)Nc1ccncc1F. The van der Waals surface area contributed by atoms with Gasteiger partial charge in [0.25, 0.3) is 5.91 Å². The van der Waals surface area contributed by atoms with E-state index >= 15 is 0 Å². The Kier molecular flexibility index (Phi) is 3.52. The van der Waals surface area contributed by atoms with Crippen molar-refractivity contribution >= 4 is 17.3 Å². The number of rotatable bonds is 3. The second kappa shape index (κ2) is 5.27. The number of hydrogen-bond donors (Lipinski definition) is 2. The second-order valence-corrected chi connectivity index (χ2v) is 3.61. The summed E-state index contributed by atoms with van der Waals surface area (Å²) >= 11 is 0. The number of amides is 1. The third-order valence-corrected chi connectivity index (χ3v) is 2.46. The Bertz CT molecular complexity index is 572. The molecule has 0 aliphatic rings. The number of anilines is 2. The van der Waals surface area contributed by atoms with Crippen LogP contribution in [0.3, 0.4) is 0 Å². The molecule has 0 spiro atoms. The summed E-state index contributed by atoms with van der Waals surface area (Å²) < 4.78 is 13.4. The molecule has 1 heterocycles. The number of aromatic nitrogens is 1. The first-order valence-corrected chi connectivity index (χ1v) is 5.40. The maximum absolute atomic E-state index is 13.4. The summed E-state index contributed by atoms with van der Waals surface area (Å²) in [6, 6.07) is 8.42. The van der Waals surface area contributed by atoms with Gasteiger partial charge >= 0.3 is 0 Å². The van der Waals surface area contributed by atoms with Crippen molar-refractivity contribution in [2.75, 3.05) is 17.7 Å². The van der Waals surface area contributed by atoms with Crippen LogP contribution in [0.4, 0.5) is 15.8 Å². The van der Waals surface area contributed by atoms with Gasteiger partial charge < -0.3 is 10.6 Å². The standard InChI is InChI=1S/C13H12FN3O/c1-15-11-5-3-2-4-9(11)13(18)17-12-6-7-16-8-10(12)14/h2-8,15H,1H3,(H,16,17,18). The van der Waals surface area contributed by atoms with E-state index < -0.39 is 5.82 Å². The topological polar surface area (TPSA) is 54.0 Å². The van der Waals surface area contributed by atoms with Gasteiger partial charge in [0, 0.05) is 18.9 Å². The van der Waals surface area contributed by atoms with Gasteiger partial charge in [-0.05, 0) is 18.2 Å². The van der Waals surface area contributed by atoms with Crippen molar-refractivity contribution in [3.8, 4) is 0 Å². The lowest BCUT2D eigenvalue weighted by molar-refractivity contribution is 0.102. The molecule has 0 radical (unpaired) electrons. The van der Waals surface area contributed by atoms with Crippen molar-refractivity contribution in [3.63, 3.8) is 0 Å². The molecule has 0 unspecified atom stereocenters. The normalized spacial score (nSPS) is 9.89. The summed E-state index contributed by atoms with van der Waals surface area (Å²) in [6.45, 7) is 0. The molecule has 0 atom stereocenters. The molecule has 0 saturated heterocycles. The summed E-state index contributed by atoms with van der Waals surface area (Å²) in [6.07, 6.45) is 2.47. The second-order valence-electron chi connectivity index (χ2n) is 3.61. The van der Waals surface area contributed by atoms with Crippen LogP contribution in [-0.4, -0.2) is 17.9 Å². The molecule has 0 aliphatic heterocycles. The maximum Gasteiger partial charge on any atom is 0.257 e. The Hall–Kier alpha value is -2.43. The van der Waals surface area contributed by atoms with Crippen molar-refractivity contribution < 1.29 is 9.18 Å². The Balaban J connectivity index is 2.25. The first-order chi connectivity index (χ1) is 8.72. The van der Waals surface area contributed by atoms with Crippen LogP contribution < -0.4 is 10.6 Å². The minimum atomic E-state index is -0.562. The molecule has 2 N–H and O–H groups in total. The van der Waals surface area contributed by atoms with E-state index in [9.17, 15) is 9.18 Å². The highest BCUT2D eigenvalue weighted by atomic mass is 19.1. The van der Waals surface area contributed by atoms with E-state index in [-0.39, 0.29) is 11.6 Å². The Morgan fingerprint density at radius 1 is 1.22 bits per heavy atom. The molecule has 0 bridgehead atoms. The van der Waals surface area contributed by atoms with E-state index in [1.807, 2.05) is 6.07 Å². The molecule has 0 saturated carbocycles. The number of pyridine rings is 1. The highest BCUT2D eigenvalue weighted by molar-refractivity contribution is 6.08. The molecule has 1 aromatic heterocycles. The fraction of sp³-hybridized carbons (Fsp3) is 0.0769. The van der Waals surface area contributed by atoms with Crippen molar-refractivity contribution in [3.05, 3.63) is 54.1 Å². The van der Waals surface area contributed by atoms with Gasteiger partial charge in [0.1, 0.15) is 0 Å². The number of benzene rings is 1. The largest absolute Gasteiger partial charge is 0.387 e. The van der Waals surface area contributed by atoms with Crippen molar-refractivity contribution in [1.82, 2.24) is 4.98 Å². The van der Waals surface area contributed by atoms with Gasteiger partial charge in [0.05, 0.1) is 17.4 Å². The number of nitrogens with one attached hydrogen (secondary N) is 2. The molecule has 1 aromatic carbocycles. The van der Waals surface area contributed by atoms with Crippen molar-refractivity contribution in [1.29, 1.82) is 0 Å². The van der Waals surface area contributed by atoms with Crippen LogP contribution >= 0.6 is 0 Å². The molecule has 2 rings (SSSR count). The van der Waals surface area contributed by atoms with Crippen LogP contribution in [0.1, 0.15) is 10.4 Å². The molecular weight excluding hydrogens is 233 g/mol. The predicted molar refractivity (Wildman–Crippen MR) is 68.1 cm³/mol. The van der Waals surface area contributed by atoms with Crippen molar-refractivity contribution in [2.24, 2.45) is 0 Å². The number of hydrogen-bond acceptors (Lipinski definition) is 3. The molecule has 0 fully saturated rings. The average molecular weight is 245 g/mol. The molecule has 92 valence electrons. The fourth-order valence-corrected chi connectivity index (χ4v) is 1.57. The van der Waals surface area contributed by atoms with Gasteiger partial charge in [-0.1, -0.05) is 12.1 Å². The van der Waals surface area contributed by atoms with E-state index in [0.717, 1.165) is 6.20 Å². The highest BCUT2D eigenvalue weighted by Gasteiger charge is 2.12. The Morgan fingerprint density at radius 2 is 2.00 bits per heavy atom. The van der Waals surface area contributed by atoms with Crippen LogP contribution in [0.5, 0.6) is 0 Å². The van der Waals surface area contributed by atoms with Crippen LogP contribution in [0.15, 0.2) is 42.7 Å². The number of carbonyl (C=O) groups excluding carboxylic acids is 1. The predicted octanol–water partition coefficient (Wildman–Crippen LogP) is 2.51. The molecule has 1 amide bonds. The number of nitrogens with zero attached hydrogens (tertiary/aromatic N) is 1. The van der Waals surface area contributed by atoms with Gasteiger partial charge in [-0.3, -0.25) is 9.78 Å². The summed E-state index contributed by atoms with van der Waals surface area (Å²) in [4.78, 5) is 15.6. The number of halogens is 1. The first-order valence-electron chi connectivity index (χ1n) is 5.40. The molecular formula is C13H12FN3O. The Morgan fingerprint density at radius 3 is 2.72 bits per heavy atom. The van der Waals surface area contributed by atoms with Gasteiger partial charge in [-0.15, -0.1) is 0 Å². The van der Waals surface area contributed by atoms with E-state index in [0.29, 0.717) is 11.3 Å². The third-order valence-electron chi connectivity index (χ3n) is 2.46.